The number of hydrogen-bond donors (Lipinski definition) is 2. The molecule has 0 amide bonds. The number of carboxylic acid groups (broad SMARTS) is 2. The lowest BCUT2D eigenvalue weighted by atomic mass is 10.3. The first-order chi connectivity index (χ1) is 8.51. The lowest BCUT2D eigenvalue weighted by molar-refractivity contribution is -0.147. The maximum atomic E-state index is 9.43. The van der Waals surface area contributed by atoms with Gasteiger partial charge < -0.3 is 15.1 Å². The number of aliphatic carboxylic acids is 2. The largest absolute Gasteiger partial charge is 0.481 e. The SMILES string of the molecule is CCN(CC)c1ccccc1.O=C(O)CC(=O)O. The van der Waals surface area contributed by atoms with Gasteiger partial charge in [-0.15, -0.1) is 0 Å². The van der Waals surface area contributed by atoms with Gasteiger partial charge in [0.15, 0.2) is 0 Å². The molecule has 0 aliphatic rings. The molecule has 0 aliphatic carbocycles. The quantitative estimate of drug-likeness (QED) is 0.785. The molecule has 1 aromatic carbocycles. The van der Waals surface area contributed by atoms with Crippen LogP contribution in [0.15, 0.2) is 30.3 Å². The second kappa shape index (κ2) is 9.04. The predicted molar refractivity (Wildman–Crippen MR) is 69.9 cm³/mol. The minimum Gasteiger partial charge on any atom is -0.481 e. The Kier molecular flexibility index (Phi) is 8.01. The lowest BCUT2D eigenvalue weighted by Gasteiger charge is -2.20. The van der Waals surface area contributed by atoms with E-state index in [1.165, 1.54) is 5.69 Å². The van der Waals surface area contributed by atoms with Crippen molar-refractivity contribution in [3.8, 4) is 0 Å². The molecule has 1 aromatic rings. The van der Waals surface area contributed by atoms with Crippen LogP contribution in [0.4, 0.5) is 5.69 Å². The Morgan fingerprint density at radius 2 is 1.44 bits per heavy atom. The summed E-state index contributed by atoms with van der Waals surface area (Å²) in [7, 11) is 0. The number of carboxylic acids is 2. The van der Waals surface area contributed by atoms with Crippen molar-refractivity contribution in [2.75, 3.05) is 18.0 Å². The van der Waals surface area contributed by atoms with Crippen molar-refractivity contribution in [3.63, 3.8) is 0 Å². The first kappa shape index (κ1) is 16.0. The first-order valence-corrected chi connectivity index (χ1v) is 5.74. The van der Waals surface area contributed by atoms with Gasteiger partial charge in [-0.05, 0) is 26.0 Å². The number of anilines is 1. The van der Waals surface area contributed by atoms with Gasteiger partial charge in [0.1, 0.15) is 6.42 Å². The molecule has 5 nitrogen and oxygen atoms in total. The molecule has 0 spiro atoms. The summed E-state index contributed by atoms with van der Waals surface area (Å²) < 4.78 is 0. The van der Waals surface area contributed by atoms with Crippen LogP contribution in [0.1, 0.15) is 20.3 Å². The summed E-state index contributed by atoms with van der Waals surface area (Å²) >= 11 is 0. The van der Waals surface area contributed by atoms with Crippen LogP contribution < -0.4 is 4.90 Å². The number of hydrogen-bond acceptors (Lipinski definition) is 3. The number of benzene rings is 1. The van der Waals surface area contributed by atoms with Crippen molar-refractivity contribution in [2.45, 2.75) is 20.3 Å². The van der Waals surface area contributed by atoms with E-state index in [0.29, 0.717) is 0 Å². The van der Waals surface area contributed by atoms with Gasteiger partial charge >= 0.3 is 11.9 Å². The standard InChI is InChI=1S/C10H15N.C3H4O4/c1-3-11(4-2)10-8-6-5-7-9-10;4-2(5)1-3(6)7/h5-9H,3-4H2,1-2H3;1H2,(H,4,5)(H,6,7). The molecule has 2 N–H and O–H groups in total. The van der Waals surface area contributed by atoms with E-state index in [-0.39, 0.29) is 0 Å². The molecule has 0 atom stereocenters. The third-order valence-corrected chi connectivity index (χ3v) is 2.19. The van der Waals surface area contributed by atoms with Crippen molar-refractivity contribution in [1.29, 1.82) is 0 Å². The zero-order valence-electron chi connectivity index (χ0n) is 10.7. The molecule has 0 aromatic heterocycles. The molecule has 0 unspecified atom stereocenters. The highest BCUT2D eigenvalue weighted by atomic mass is 16.4. The van der Waals surface area contributed by atoms with Crippen LogP contribution in [0, 0.1) is 0 Å². The molecule has 0 fully saturated rings. The number of carbonyl (C=O) groups is 2. The van der Waals surface area contributed by atoms with Crippen molar-refractivity contribution >= 4 is 17.6 Å². The van der Waals surface area contributed by atoms with E-state index >= 15 is 0 Å². The Hall–Kier alpha value is -2.04. The van der Waals surface area contributed by atoms with E-state index in [1.807, 2.05) is 6.07 Å². The van der Waals surface area contributed by atoms with Crippen molar-refractivity contribution in [1.82, 2.24) is 0 Å². The fourth-order valence-electron chi connectivity index (χ4n) is 1.36. The van der Waals surface area contributed by atoms with Crippen LogP contribution in [0.25, 0.3) is 0 Å². The Labute approximate surface area is 107 Å². The Bertz CT molecular complexity index is 349. The van der Waals surface area contributed by atoms with E-state index in [1.54, 1.807) is 0 Å². The van der Waals surface area contributed by atoms with E-state index in [0.717, 1.165) is 13.1 Å². The third-order valence-electron chi connectivity index (χ3n) is 2.19. The third kappa shape index (κ3) is 7.27. The Morgan fingerprint density at radius 3 is 1.72 bits per heavy atom. The molecule has 0 bridgehead atoms. The van der Waals surface area contributed by atoms with Crippen LogP contribution in [0.5, 0.6) is 0 Å². The second-order valence-electron chi connectivity index (χ2n) is 3.47. The number of rotatable bonds is 5. The topological polar surface area (TPSA) is 77.8 Å². The van der Waals surface area contributed by atoms with Gasteiger partial charge in [0.25, 0.3) is 0 Å². The van der Waals surface area contributed by atoms with Crippen LogP contribution >= 0.6 is 0 Å². The fraction of sp³-hybridized carbons (Fsp3) is 0.385. The molecule has 0 heterocycles. The zero-order valence-corrected chi connectivity index (χ0v) is 10.7. The minimum atomic E-state index is -1.31. The van der Waals surface area contributed by atoms with E-state index in [9.17, 15) is 9.59 Å². The van der Waals surface area contributed by atoms with Gasteiger partial charge in [0.05, 0.1) is 0 Å². The summed E-state index contributed by atoms with van der Waals surface area (Å²) in [6.07, 6.45) is -0.806. The van der Waals surface area contributed by atoms with Gasteiger partial charge in [0.2, 0.25) is 0 Å². The minimum absolute atomic E-state index is 0.806. The van der Waals surface area contributed by atoms with Crippen LogP contribution in [-0.2, 0) is 9.59 Å². The molecule has 0 saturated heterocycles. The second-order valence-corrected chi connectivity index (χ2v) is 3.47. The maximum absolute atomic E-state index is 9.43. The fourth-order valence-corrected chi connectivity index (χ4v) is 1.36. The van der Waals surface area contributed by atoms with Crippen molar-refractivity contribution in [2.24, 2.45) is 0 Å². The average molecular weight is 253 g/mol. The molecule has 100 valence electrons. The molecule has 5 heteroatoms. The molecule has 18 heavy (non-hydrogen) atoms. The summed E-state index contributed by atoms with van der Waals surface area (Å²) in [4.78, 5) is 21.2. The lowest BCUT2D eigenvalue weighted by Crippen LogP contribution is -2.21. The summed E-state index contributed by atoms with van der Waals surface area (Å²) in [5.41, 5.74) is 1.32. The highest BCUT2D eigenvalue weighted by molar-refractivity contribution is 5.88. The average Bonchev–Trinajstić information content (AvgIpc) is 2.31. The van der Waals surface area contributed by atoms with E-state index in [2.05, 4.69) is 43.0 Å². The maximum Gasteiger partial charge on any atom is 0.314 e. The molecule has 1 rings (SSSR count). The van der Waals surface area contributed by atoms with Crippen molar-refractivity contribution in [3.05, 3.63) is 30.3 Å². The zero-order chi connectivity index (χ0) is 14.0. The molecule has 0 aliphatic heterocycles. The molecule has 0 radical (unpaired) electrons. The van der Waals surface area contributed by atoms with Crippen molar-refractivity contribution < 1.29 is 19.8 Å². The number of nitrogens with zero attached hydrogens (tertiary/aromatic N) is 1. The van der Waals surface area contributed by atoms with Gasteiger partial charge in [-0.2, -0.15) is 0 Å². The van der Waals surface area contributed by atoms with Gasteiger partial charge in [-0.3, -0.25) is 9.59 Å². The summed E-state index contributed by atoms with van der Waals surface area (Å²) in [5, 5.41) is 15.4. The van der Waals surface area contributed by atoms with Crippen LogP contribution in [0.3, 0.4) is 0 Å². The summed E-state index contributed by atoms with van der Waals surface area (Å²) in [6, 6.07) is 10.5. The smallest absolute Gasteiger partial charge is 0.314 e. The van der Waals surface area contributed by atoms with Crippen LogP contribution in [0.2, 0.25) is 0 Å². The monoisotopic (exact) mass is 253 g/mol. The van der Waals surface area contributed by atoms with Gasteiger partial charge in [-0.25, -0.2) is 0 Å². The van der Waals surface area contributed by atoms with E-state index in [4.69, 9.17) is 10.2 Å². The first-order valence-electron chi connectivity index (χ1n) is 5.74. The van der Waals surface area contributed by atoms with Gasteiger partial charge in [0, 0.05) is 18.8 Å². The Morgan fingerprint density at radius 1 is 1.00 bits per heavy atom. The molecular weight excluding hydrogens is 234 g/mol. The van der Waals surface area contributed by atoms with Crippen LogP contribution in [-0.4, -0.2) is 35.2 Å². The summed E-state index contributed by atoms with van der Waals surface area (Å²) in [5.74, 6) is -2.62. The van der Waals surface area contributed by atoms with Gasteiger partial charge in [-0.1, -0.05) is 18.2 Å². The summed E-state index contributed by atoms with van der Waals surface area (Å²) in [6.45, 7) is 6.52. The normalized spacial score (nSPS) is 9.00. The number of para-hydroxylation sites is 1. The molecular formula is C13H19NO4. The highest BCUT2D eigenvalue weighted by Crippen LogP contribution is 2.11. The highest BCUT2D eigenvalue weighted by Gasteiger charge is 2.01. The predicted octanol–water partition coefficient (Wildman–Crippen LogP) is 2.08. The van der Waals surface area contributed by atoms with E-state index < -0.39 is 18.4 Å². The molecule has 0 saturated carbocycles. The Balaban J connectivity index is 0.000000360.